The number of carbonyl (C=O) groups excluding carboxylic acids is 2. The van der Waals surface area contributed by atoms with Gasteiger partial charge in [-0.05, 0) is 71.1 Å². The molecule has 1 heterocycles. The van der Waals surface area contributed by atoms with Crippen LogP contribution in [0.25, 0.3) is 0 Å². The van der Waals surface area contributed by atoms with E-state index in [2.05, 4.69) is 42.6 Å². The van der Waals surface area contributed by atoms with Gasteiger partial charge < -0.3 is 45.1 Å². The van der Waals surface area contributed by atoms with E-state index in [4.69, 9.17) is 14.2 Å². The Morgan fingerprint density at radius 3 is 1.84 bits per heavy atom. The van der Waals surface area contributed by atoms with E-state index in [1.807, 2.05) is 31.2 Å². The molecule has 352 valence electrons. The van der Waals surface area contributed by atoms with E-state index in [1.54, 1.807) is 6.08 Å². The molecule has 0 aromatic rings. The van der Waals surface area contributed by atoms with E-state index >= 15 is 0 Å². The lowest BCUT2D eigenvalue weighted by Gasteiger charge is -2.40. The molecule has 0 spiro atoms. The minimum Gasteiger partial charge on any atom is -0.466 e. The average Bonchev–Trinajstić information content (AvgIpc) is 3.25. The average molecular weight is 862 g/mol. The van der Waals surface area contributed by atoms with Crippen LogP contribution in [0.4, 0.5) is 0 Å². The topological polar surface area (TPSA) is 175 Å². The number of rotatable bonds is 39. The number of nitrogens with one attached hydrogen (secondary N) is 1. The second-order valence-corrected chi connectivity index (χ2v) is 16.5. The van der Waals surface area contributed by atoms with Crippen molar-refractivity contribution in [2.45, 2.75) is 224 Å². The van der Waals surface area contributed by atoms with E-state index in [-0.39, 0.29) is 24.9 Å². The molecule has 1 rings (SSSR count). The van der Waals surface area contributed by atoms with Crippen molar-refractivity contribution in [2.24, 2.45) is 0 Å². The molecule has 0 aromatic heterocycles. The summed E-state index contributed by atoms with van der Waals surface area (Å²) in [6.45, 7) is 3.96. The molecule has 0 radical (unpaired) electrons. The van der Waals surface area contributed by atoms with Crippen molar-refractivity contribution in [3.05, 3.63) is 60.8 Å². The summed E-state index contributed by atoms with van der Waals surface area (Å²) in [5.41, 5.74) is 0. The van der Waals surface area contributed by atoms with Gasteiger partial charge in [0, 0.05) is 12.8 Å². The summed E-state index contributed by atoms with van der Waals surface area (Å²) >= 11 is 0. The Morgan fingerprint density at radius 2 is 1.20 bits per heavy atom. The summed E-state index contributed by atoms with van der Waals surface area (Å²) < 4.78 is 16.5. The predicted molar refractivity (Wildman–Crippen MR) is 246 cm³/mol. The highest BCUT2D eigenvalue weighted by molar-refractivity contribution is 5.76. The minimum atomic E-state index is -1.60. The normalized spacial score (nSPS) is 20.8. The summed E-state index contributed by atoms with van der Waals surface area (Å²) in [5, 5.41) is 53.9. The number of amides is 1. The van der Waals surface area contributed by atoms with Gasteiger partial charge >= 0.3 is 5.97 Å². The van der Waals surface area contributed by atoms with Crippen LogP contribution in [0.2, 0.25) is 0 Å². The molecule has 11 nitrogen and oxygen atoms in total. The van der Waals surface area contributed by atoms with Crippen LogP contribution < -0.4 is 5.32 Å². The molecule has 1 aliphatic heterocycles. The number of hydrogen-bond donors (Lipinski definition) is 6. The first kappa shape index (κ1) is 56.4. The Bertz CT molecular complexity index is 1200. The van der Waals surface area contributed by atoms with Crippen molar-refractivity contribution < 1.29 is 49.3 Å². The quantitative estimate of drug-likeness (QED) is 0.0199. The highest BCUT2D eigenvalue weighted by Crippen LogP contribution is 2.22. The third-order valence-corrected chi connectivity index (χ3v) is 10.9. The highest BCUT2D eigenvalue weighted by atomic mass is 16.7. The molecule has 0 aliphatic carbocycles. The van der Waals surface area contributed by atoms with Crippen LogP contribution >= 0.6 is 0 Å². The van der Waals surface area contributed by atoms with Crippen molar-refractivity contribution in [3.63, 3.8) is 0 Å². The molecule has 0 bridgehead atoms. The fourth-order valence-corrected chi connectivity index (χ4v) is 7.05. The van der Waals surface area contributed by atoms with Gasteiger partial charge in [-0.2, -0.15) is 0 Å². The Morgan fingerprint density at radius 1 is 0.639 bits per heavy atom. The zero-order chi connectivity index (χ0) is 44.6. The zero-order valence-electron chi connectivity index (χ0n) is 38.1. The monoisotopic (exact) mass is 862 g/mol. The first-order valence-electron chi connectivity index (χ1n) is 24.0. The van der Waals surface area contributed by atoms with Crippen LogP contribution in [0.15, 0.2) is 60.8 Å². The van der Waals surface area contributed by atoms with E-state index < -0.39 is 49.5 Å². The van der Waals surface area contributed by atoms with Gasteiger partial charge in [0.25, 0.3) is 0 Å². The summed E-state index contributed by atoms with van der Waals surface area (Å²) in [6, 6.07) is -0.877. The fourth-order valence-electron chi connectivity index (χ4n) is 7.05. The van der Waals surface area contributed by atoms with Crippen LogP contribution in [0, 0.1) is 0 Å². The van der Waals surface area contributed by atoms with Crippen molar-refractivity contribution in [2.75, 3.05) is 19.8 Å². The first-order chi connectivity index (χ1) is 29.7. The van der Waals surface area contributed by atoms with Crippen molar-refractivity contribution in [1.29, 1.82) is 0 Å². The number of aliphatic hydroxyl groups is 5. The summed E-state index contributed by atoms with van der Waals surface area (Å²) in [7, 11) is 0. The van der Waals surface area contributed by atoms with Crippen LogP contribution in [-0.4, -0.2) is 100 Å². The third kappa shape index (κ3) is 31.0. The number of carbonyl (C=O) groups is 2. The van der Waals surface area contributed by atoms with Crippen LogP contribution in [-0.2, 0) is 23.8 Å². The molecule has 1 saturated heterocycles. The Balaban J connectivity index is 2.23. The smallest absolute Gasteiger partial charge is 0.305 e. The van der Waals surface area contributed by atoms with Gasteiger partial charge in [-0.1, -0.05) is 158 Å². The molecule has 6 N–H and O–H groups in total. The van der Waals surface area contributed by atoms with Gasteiger partial charge in [0.1, 0.15) is 24.4 Å². The van der Waals surface area contributed by atoms with Gasteiger partial charge in [0.05, 0.1) is 32.0 Å². The lowest BCUT2D eigenvalue weighted by atomic mass is 9.99. The first-order valence-corrected chi connectivity index (χ1v) is 24.0. The third-order valence-electron chi connectivity index (χ3n) is 10.9. The maximum absolute atomic E-state index is 12.9. The molecule has 0 saturated carbocycles. The second-order valence-electron chi connectivity index (χ2n) is 16.5. The van der Waals surface area contributed by atoms with Gasteiger partial charge in [-0.15, -0.1) is 0 Å². The Hall–Kier alpha value is -2.64. The van der Waals surface area contributed by atoms with Crippen LogP contribution in [0.1, 0.15) is 181 Å². The summed E-state index contributed by atoms with van der Waals surface area (Å²) in [5.74, 6) is -0.326. The van der Waals surface area contributed by atoms with Crippen molar-refractivity contribution in [1.82, 2.24) is 5.32 Å². The predicted octanol–water partition coefficient (Wildman–Crippen LogP) is 9.16. The molecule has 7 unspecified atom stereocenters. The molecular formula is C50H87NO10. The molecule has 61 heavy (non-hydrogen) atoms. The number of aliphatic hydroxyl groups excluding tert-OH is 5. The number of unbranched alkanes of at least 4 members (excludes halogenated alkanes) is 18. The van der Waals surface area contributed by atoms with E-state index in [0.717, 1.165) is 70.6 Å². The number of esters is 1. The molecule has 1 fully saturated rings. The van der Waals surface area contributed by atoms with Gasteiger partial charge in [-0.3, -0.25) is 9.59 Å². The molecule has 1 amide bonds. The standard InChI is InChI=1S/C50H87NO10/c1-3-5-7-9-11-13-17-22-26-30-34-38-46(55)59-39-35-31-27-23-19-16-14-15-18-21-25-29-33-37-45(54)51-42(43(53)36-32-28-24-20-12-10-8-6-4-2)41-60-50-49(58)48(57)47(56)44(40-52)61-50/h4,6,12,15,18,20,25,29,32,36,42-44,47-50,52-53,56-58H,3,5,7-11,13-14,16-17,19,21-24,26-28,30-31,33-35,37-41H2,1-2H3,(H,51,54)/b6-4+,18-15-,20-12+,29-25-,36-32+. The fraction of sp³-hybridized carbons (Fsp3) is 0.760. The molecular weight excluding hydrogens is 775 g/mol. The minimum absolute atomic E-state index is 0.0432. The summed E-state index contributed by atoms with van der Waals surface area (Å²) in [6.07, 6.45) is 39.1. The molecule has 7 atom stereocenters. The molecule has 0 aromatic carbocycles. The lowest BCUT2D eigenvalue weighted by molar-refractivity contribution is -0.302. The zero-order valence-corrected chi connectivity index (χ0v) is 38.1. The van der Waals surface area contributed by atoms with E-state index in [9.17, 15) is 35.1 Å². The largest absolute Gasteiger partial charge is 0.466 e. The Kier molecular flexibility index (Phi) is 37.1. The van der Waals surface area contributed by atoms with Gasteiger partial charge in [0.15, 0.2) is 6.29 Å². The van der Waals surface area contributed by atoms with Crippen LogP contribution in [0.5, 0.6) is 0 Å². The second kappa shape index (κ2) is 40.2. The highest BCUT2D eigenvalue weighted by Gasteiger charge is 2.44. The lowest BCUT2D eigenvalue weighted by Crippen LogP contribution is -2.60. The van der Waals surface area contributed by atoms with Gasteiger partial charge in [0.2, 0.25) is 5.91 Å². The number of allylic oxidation sites excluding steroid dienone is 9. The maximum Gasteiger partial charge on any atom is 0.305 e. The van der Waals surface area contributed by atoms with E-state index in [0.29, 0.717) is 25.9 Å². The van der Waals surface area contributed by atoms with Crippen molar-refractivity contribution >= 4 is 11.9 Å². The Labute approximate surface area is 369 Å². The summed E-state index contributed by atoms with van der Waals surface area (Å²) in [4.78, 5) is 24.9. The molecule has 1 aliphatic rings. The van der Waals surface area contributed by atoms with E-state index in [1.165, 1.54) is 70.6 Å². The van der Waals surface area contributed by atoms with Gasteiger partial charge in [-0.25, -0.2) is 0 Å². The number of hydrogen-bond acceptors (Lipinski definition) is 10. The van der Waals surface area contributed by atoms with Crippen LogP contribution in [0.3, 0.4) is 0 Å². The number of ether oxygens (including phenoxy) is 3. The maximum atomic E-state index is 12.9. The van der Waals surface area contributed by atoms with Crippen molar-refractivity contribution in [3.8, 4) is 0 Å². The molecule has 11 heteroatoms. The SMILES string of the molecule is C/C=C/CC/C=C/CC/C=C/C(O)C(COC1OC(CO)C(O)C(O)C1O)NC(=O)CC/C=C\C/C=C\CCCCCCCCOC(=O)CCCCCCCCCCCCC.